The van der Waals surface area contributed by atoms with Crippen LogP contribution >= 0.6 is 0 Å². The highest BCUT2D eigenvalue weighted by Crippen LogP contribution is 2.10. The Labute approximate surface area is 66.0 Å². The molecule has 0 aromatic carbocycles. The first-order chi connectivity index (χ1) is 5.25. The third-order valence-corrected chi connectivity index (χ3v) is 1.90. The number of rotatable bonds is 2. The van der Waals surface area contributed by atoms with E-state index in [1.165, 1.54) is 0 Å². The number of carbonyl (C=O) groups is 1. The molecule has 11 heavy (non-hydrogen) atoms. The monoisotopic (exact) mass is 158 g/mol. The molecule has 1 rings (SSSR count). The molecule has 1 amide bonds. The summed E-state index contributed by atoms with van der Waals surface area (Å²) >= 11 is 0. The number of hydrogen-bond acceptors (Lipinski definition) is 3. The topological polar surface area (TPSA) is 66.6 Å². The Kier molecular flexibility index (Phi) is 2.84. The average Bonchev–Trinajstić information content (AvgIpc) is 1.99. The second kappa shape index (κ2) is 3.69. The summed E-state index contributed by atoms with van der Waals surface area (Å²) in [7, 11) is 0. The van der Waals surface area contributed by atoms with Crippen LogP contribution in [0.1, 0.15) is 12.8 Å². The second-order valence-corrected chi connectivity index (χ2v) is 2.77. The summed E-state index contributed by atoms with van der Waals surface area (Å²) in [6.45, 7) is 1.78. The molecule has 1 aliphatic heterocycles. The van der Waals surface area contributed by atoms with E-state index >= 15 is 0 Å². The third kappa shape index (κ3) is 1.91. The van der Waals surface area contributed by atoms with Gasteiger partial charge in [0.15, 0.2) is 0 Å². The van der Waals surface area contributed by atoms with Crippen LogP contribution < -0.4 is 5.73 Å². The van der Waals surface area contributed by atoms with Crippen LogP contribution in [0.25, 0.3) is 0 Å². The van der Waals surface area contributed by atoms with Crippen molar-refractivity contribution in [3.05, 3.63) is 0 Å². The van der Waals surface area contributed by atoms with Gasteiger partial charge in [0.05, 0.1) is 0 Å². The molecule has 4 heteroatoms. The van der Waals surface area contributed by atoms with Crippen LogP contribution in [0.3, 0.4) is 0 Å². The molecule has 0 spiro atoms. The van der Waals surface area contributed by atoms with E-state index in [1.54, 1.807) is 4.90 Å². The Morgan fingerprint density at radius 3 is 3.09 bits per heavy atom. The van der Waals surface area contributed by atoms with Gasteiger partial charge in [-0.25, -0.2) is 0 Å². The van der Waals surface area contributed by atoms with Gasteiger partial charge in [0.2, 0.25) is 0 Å². The molecule has 1 heterocycles. The van der Waals surface area contributed by atoms with Crippen molar-refractivity contribution in [3.63, 3.8) is 0 Å². The number of nitrogens with zero attached hydrogens (tertiary/aromatic N) is 1. The van der Waals surface area contributed by atoms with Crippen LogP contribution in [-0.4, -0.2) is 41.7 Å². The van der Waals surface area contributed by atoms with Crippen LogP contribution in [0.2, 0.25) is 0 Å². The van der Waals surface area contributed by atoms with Gasteiger partial charge in [0.25, 0.3) is 5.91 Å². The van der Waals surface area contributed by atoms with Gasteiger partial charge in [-0.05, 0) is 12.8 Å². The molecule has 1 aliphatic rings. The molecule has 4 nitrogen and oxygen atoms in total. The van der Waals surface area contributed by atoms with Crippen molar-refractivity contribution in [1.29, 1.82) is 0 Å². The molecule has 1 fully saturated rings. The first-order valence-corrected chi connectivity index (χ1v) is 3.92. The summed E-state index contributed by atoms with van der Waals surface area (Å²) in [4.78, 5) is 12.8. The number of aliphatic hydroxyl groups is 1. The molecule has 0 aromatic heterocycles. The number of piperidine rings is 1. The Hall–Kier alpha value is -0.610. The lowest BCUT2D eigenvalue weighted by Crippen LogP contribution is -2.46. The fourth-order valence-electron chi connectivity index (χ4n) is 1.30. The van der Waals surface area contributed by atoms with Crippen molar-refractivity contribution in [2.24, 2.45) is 5.73 Å². The van der Waals surface area contributed by atoms with Crippen LogP contribution in [-0.2, 0) is 4.79 Å². The van der Waals surface area contributed by atoms with Crippen LogP contribution in [0.4, 0.5) is 0 Å². The molecular weight excluding hydrogens is 144 g/mol. The smallest absolute Gasteiger partial charge is 0.251 e. The summed E-state index contributed by atoms with van der Waals surface area (Å²) in [6.07, 6.45) is 0.697. The van der Waals surface area contributed by atoms with Crippen LogP contribution in [0, 0.1) is 0 Å². The Balaban J connectivity index is 2.44. The number of aliphatic hydroxyl groups excluding tert-OH is 1. The highest BCUT2D eigenvalue weighted by atomic mass is 16.3. The molecule has 0 saturated carbocycles. The van der Waals surface area contributed by atoms with Crippen molar-refractivity contribution in [3.8, 4) is 0 Å². The van der Waals surface area contributed by atoms with E-state index < -0.39 is 6.10 Å². The summed E-state index contributed by atoms with van der Waals surface area (Å²) in [5, 5.41) is 9.14. The maximum absolute atomic E-state index is 11.1. The van der Waals surface area contributed by atoms with Gasteiger partial charge in [-0.15, -0.1) is 0 Å². The van der Waals surface area contributed by atoms with E-state index in [9.17, 15) is 4.79 Å². The Bertz CT molecular complexity index is 147. The molecule has 64 valence electrons. The largest absolute Gasteiger partial charge is 0.383 e. The fraction of sp³-hybridized carbons (Fsp3) is 0.857. The summed E-state index contributed by atoms with van der Waals surface area (Å²) in [5.74, 6) is -0.165. The minimum atomic E-state index is -0.782. The van der Waals surface area contributed by atoms with Gasteiger partial charge in [-0.2, -0.15) is 0 Å². The molecule has 0 radical (unpaired) electrons. The zero-order valence-corrected chi connectivity index (χ0v) is 6.49. The van der Waals surface area contributed by atoms with Crippen molar-refractivity contribution < 1.29 is 9.90 Å². The van der Waals surface area contributed by atoms with Crippen LogP contribution in [0.15, 0.2) is 0 Å². The maximum atomic E-state index is 11.1. The fourth-order valence-corrected chi connectivity index (χ4v) is 1.30. The molecule has 0 unspecified atom stereocenters. The zero-order valence-electron chi connectivity index (χ0n) is 6.49. The standard InChI is InChI=1S/C7H14N2O2/c8-3-5-9-4-1-2-6(10)7(9)11/h6,10H,1-5,8H2/t6-/m1/s1. The zero-order chi connectivity index (χ0) is 8.27. The molecule has 3 N–H and O–H groups in total. The summed E-state index contributed by atoms with van der Waals surface area (Å²) in [5.41, 5.74) is 5.29. The van der Waals surface area contributed by atoms with Crippen molar-refractivity contribution in [1.82, 2.24) is 4.90 Å². The highest BCUT2D eigenvalue weighted by molar-refractivity contribution is 5.81. The van der Waals surface area contributed by atoms with E-state index in [2.05, 4.69) is 0 Å². The average molecular weight is 158 g/mol. The maximum Gasteiger partial charge on any atom is 0.251 e. The molecule has 1 atom stereocenters. The van der Waals surface area contributed by atoms with E-state index in [4.69, 9.17) is 10.8 Å². The van der Waals surface area contributed by atoms with Crippen LogP contribution in [0.5, 0.6) is 0 Å². The molecule has 1 saturated heterocycles. The molecule has 0 bridgehead atoms. The van der Waals surface area contributed by atoms with Crippen molar-refractivity contribution in [2.75, 3.05) is 19.6 Å². The number of hydrogen-bond donors (Lipinski definition) is 2. The lowest BCUT2D eigenvalue weighted by Gasteiger charge is -2.29. The van der Waals surface area contributed by atoms with Crippen molar-refractivity contribution in [2.45, 2.75) is 18.9 Å². The minimum absolute atomic E-state index is 0.165. The molecule has 0 aromatic rings. The van der Waals surface area contributed by atoms with E-state index in [0.717, 1.165) is 13.0 Å². The van der Waals surface area contributed by atoms with Gasteiger partial charge in [0.1, 0.15) is 6.10 Å². The quantitative estimate of drug-likeness (QED) is 0.537. The Morgan fingerprint density at radius 2 is 2.45 bits per heavy atom. The number of amides is 1. The van der Waals surface area contributed by atoms with Gasteiger partial charge < -0.3 is 15.7 Å². The Morgan fingerprint density at radius 1 is 1.73 bits per heavy atom. The van der Waals surface area contributed by atoms with Gasteiger partial charge in [0, 0.05) is 19.6 Å². The normalized spacial score (nSPS) is 25.8. The SMILES string of the molecule is NCCN1CCC[C@@H](O)C1=O. The summed E-state index contributed by atoms with van der Waals surface area (Å²) in [6, 6.07) is 0. The third-order valence-electron chi connectivity index (χ3n) is 1.90. The molecule has 0 aliphatic carbocycles. The van der Waals surface area contributed by atoms with Gasteiger partial charge in [-0.3, -0.25) is 4.79 Å². The first-order valence-electron chi connectivity index (χ1n) is 3.92. The van der Waals surface area contributed by atoms with E-state index in [1.807, 2.05) is 0 Å². The predicted octanol–water partition coefficient (Wildman–Crippen LogP) is -1.07. The number of likely N-dealkylation sites (tertiary alicyclic amines) is 1. The van der Waals surface area contributed by atoms with Gasteiger partial charge in [-0.1, -0.05) is 0 Å². The predicted molar refractivity (Wildman–Crippen MR) is 40.9 cm³/mol. The second-order valence-electron chi connectivity index (χ2n) is 2.77. The molecular formula is C7H14N2O2. The summed E-state index contributed by atoms with van der Waals surface area (Å²) < 4.78 is 0. The van der Waals surface area contributed by atoms with Gasteiger partial charge >= 0.3 is 0 Å². The first kappa shape index (κ1) is 8.49. The lowest BCUT2D eigenvalue weighted by atomic mass is 10.1. The number of nitrogens with two attached hydrogens (primary N) is 1. The minimum Gasteiger partial charge on any atom is -0.383 e. The number of carbonyl (C=O) groups excluding carboxylic acids is 1. The lowest BCUT2D eigenvalue weighted by molar-refractivity contribution is -0.143. The van der Waals surface area contributed by atoms with Crippen molar-refractivity contribution >= 4 is 5.91 Å². The van der Waals surface area contributed by atoms with E-state index in [-0.39, 0.29) is 5.91 Å². The van der Waals surface area contributed by atoms with E-state index in [0.29, 0.717) is 19.5 Å². The highest BCUT2D eigenvalue weighted by Gasteiger charge is 2.25.